The minimum atomic E-state index is -0.125. The normalized spacial score (nSPS) is 8.22. The molecule has 0 saturated heterocycles. The number of aliphatic hydroxyl groups excluding tert-OH is 4. The van der Waals surface area contributed by atoms with Gasteiger partial charge >= 0.3 is 0 Å². The van der Waals surface area contributed by atoms with Crippen LogP contribution in [0.15, 0.2) is 0 Å². The fourth-order valence-electron chi connectivity index (χ4n) is 0.520. The van der Waals surface area contributed by atoms with Gasteiger partial charge in [0.1, 0.15) is 0 Å². The first-order valence-electron chi connectivity index (χ1n) is 8.49. The number of unbranched alkanes of at least 4 members (excludes halogenated alkanes) is 1. The lowest BCUT2D eigenvalue weighted by atomic mass is 10.4. The first kappa shape index (κ1) is 56.4. The summed E-state index contributed by atoms with van der Waals surface area (Å²) < 4.78 is 9.36. The van der Waals surface area contributed by atoms with Crippen LogP contribution < -0.4 is 0 Å². The molecule has 0 spiro atoms. The molecule has 0 fully saturated rings. The van der Waals surface area contributed by atoms with Crippen molar-refractivity contribution in [3.8, 4) is 0 Å². The summed E-state index contributed by atoms with van der Waals surface area (Å²) in [4.78, 5) is 0. The Bertz CT molecular complexity index is 108. The summed E-state index contributed by atoms with van der Waals surface area (Å²) in [6.45, 7) is 8.99. The van der Waals surface area contributed by atoms with Gasteiger partial charge in [-0.3, -0.25) is 0 Å². The third kappa shape index (κ3) is 222. The van der Waals surface area contributed by atoms with Crippen LogP contribution >= 0.6 is 0 Å². The highest BCUT2D eigenvalue weighted by molar-refractivity contribution is 6.33. The Kier molecular flexibility index (Phi) is 198. The summed E-state index contributed by atoms with van der Waals surface area (Å²) in [5, 5.41) is 31.5. The quantitative estimate of drug-likeness (QED) is 0.328. The Morgan fingerprint density at radius 3 is 0.963 bits per heavy atom. The molecule has 0 aromatic carbocycles. The van der Waals surface area contributed by atoms with E-state index in [2.05, 4.69) is 35.4 Å². The molecule has 0 unspecified atom stereocenters. The van der Waals surface area contributed by atoms with E-state index >= 15 is 0 Å². The van der Waals surface area contributed by atoms with Crippen molar-refractivity contribution in [3.05, 3.63) is 0 Å². The first-order chi connectivity index (χ1) is 11.1. The predicted molar refractivity (Wildman–Crippen MR) is 137 cm³/mol. The molecular weight excluding hydrogens is 396 g/mol. The molecule has 0 aromatic rings. The Morgan fingerprint density at radius 1 is 0.630 bits per heavy atom. The molecular formula is C18H60O6Si3. The van der Waals surface area contributed by atoms with E-state index in [-0.39, 0.29) is 72.0 Å². The molecule has 4 N–H and O–H groups in total. The Morgan fingerprint density at radius 2 is 0.926 bits per heavy atom. The zero-order chi connectivity index (χ0) is 19.2. The van der Waals surface area contributed by atoms with E-state index in [4.69, 9.17) is 20.4 Å². The summed E-state index contributed by atoms with van der Waals surface area (Å²) in [6.07, 6.45) is 3.07. The topological polar surface area (TPSA) is 99.4 Å². The zero-order valence-electron chi connectivity index (χ0n) is 16.4. The van der Waals surface area contributed by atoms with Crippen molar-refractivity contribution in [1.29, 1.82) is 0 Å². The molecule has 9 heteroatoms. The van der Waals surface area contributed by atoms with E-state index in [1.54, 1.807) is 14.2 Å². The van der Waals surface area contributed by atoms with Gasteiger partial charge in [0.15, 0.2) is 19.5 Å². The molecule has 180 valence electrons. The molecule has 0 heterocycles. The maximum Gasteiger partial charge on any atom is 0.157 e. The maximum absolute atomic E-state index is 8.22. The Balaban J connectivity index is -0.0000000209. The van der Waals surface area contributed by atoms with Gasteiger partial charge in [-0.2, -0.15) is 0 Å². The van der Waals surface area contributed by atoms with E-state index in [0.29, 0.717) is 13.2 Å². The second-order valence-electron chi connectivity index (χ2n) is 4.11. The highest BCUT2D eigenvalue weighted by atomic mass is 28.2. The van der Waals surface area contributed by atoms with Gasteiger partial charge in [0, 0.05) is 37.0 Å². The van der Waals surface area contributed by atoms with Gasteiger partial charge in [-0.05, 0) is 12.8 Å². The predicted octanol–water partition coefficient (Wildman–Crippen LogP) is 1.83. The molecule has 0 radical (unpaired) electrons. The first-order valence-corrected chi connectivity index (χ1v) is 14.9. The SMILES string of the molecule is C.C.C.C.CCCCO.CO[SiH2]C.CO[SiH2]C.C[SiH2]CCCO.OCCO. The summed E-state index contributed by atoms with van der Waals surface area (Å²) in [5.41, 5.74) is 0. The number of aliphatic hydroxyl groups is 4. The number of hydrogen-bond donors (Lipinski definition) is 4. The molecule has 0 saturated carbocycles. The summed E-state index contributed by atoms with van der Waals surface area (Å²) in [7, 11) is 3.58. The van der Waals surface area contributed by atoms with Crippen LogP contribution in [0.5, 0.6) is 0 Å². The van der Waals surface area contributed by atoms with Gasteiger partial charge in [-0.15, -0.1) is 0 Å². The monoisotopic (exact) mass is 456 g/mol. The highest BCUT2D eigenvalue weighted by Crippen LogP contribution is 1.82. The average Bonchev–Trinajstić information content (AvgIpc) is 2.61. The molecule has 6 nitrogen and oxygen atoms in total. The van der Waals surface area contributed by atoms with E-state index < -0.39 is 0 Å². The van der Waals surface area contributed by atoms with Gasteiger partial charge in [-0.25, -0.2) is 0 Å². The van der Waals surface area contributed by atoms with E-state index in [1.807, 2.05) is 0 Å². The Hall–Kier alpha value is 0.411. The summed E-state index contributed by atoms with van der Waals surface area (Å²) in [6, 6.07) is 1.30. The van der Waals surface area contributed by atoms with Crippen molar-refractivity contribution in [2.75, 3.05) is 40.6 Å². The Labute approximate surface area is 180 Å². The standard InChI is InChI=1S/C4H12OSi.C4H10O.C2H6O2.2C2H8OSi.4CH4/c1-6-4-2-3-5;1-2-3-4-5;3-1-2-4;2*1-3-4-2;;;;/h5H,2-4,6H2,1H3;5H,2-4H2,1H3;3-4H,1-2H2;2*4H2,1-2H3;4*1H4. The highest BCUT2D eigenvalue weighted by Gasteiger charge is 1.77. The van der Waals surface area contributed by atoms with Crippen LogP contribution in [0.2, 0.25) is 25.7 Å². The average molecular weight is 457 g/mol. The van der Waals surface area contributed by atoms with Crippen molar-refractivity contribution in [2.45, 2.75) is 81.6 Å². The lowest BCUT2D eigenvalue weighted by Crippen LogP contribution is -1.85. The molecule has 27 heavy (non-hydrogen) atoms. The molecule has 0 aliphatic rings. The fourth-order valence-corrected chi connectivity index (χ4v) is 1.24. The third-order valence-corrected chi connectivity index (χ3v) is 4.31. The largest absolute Gasteiger partial charge is 0.427 e. The second-order valence-corrected chi connectivity index (χ2v) is 8.13. The van der Waals surface area contributed by atoms with Crippen LogP contribution in [0.3, 0.4) is 0 Å². The van der Waals surface area contributed by atoms with E-state index in [1.165, 1.54) is 6.04 Å². The van der Waals surface area contributed by atoms with Crippen molar-refractivity contribution in [3.63, 3.8) is 0 Å². The lowest BCUT2D eigenvalue weighted by molar-refractivity contribution is 0.186. The van der Waals surface area contributed by atoms with Crippen LogP contribution in [0.1, 0.15) is 55.9 Å². The molecule has 0 aromatic heterocycles. The van der Waals surface area contributed by atoms with Gasteiger partial charge in [0.25, 0.3) is 0 Å². The lowest BCUT2D eigenvalue weighted by Gasteiger charge is -1.85. The van der Waals surface area contributed by atoms with Gasteiger partial charge in [0.2, 0.25) is 0 Å². The third-order valence-electron chi connectivity index (χ3n) is 1.95. The van der Waals surface area contributed by atoms with Crippen LogP contribution in [0, 0.1) is 0 Å². The molecule has 0 atom stereocenters. The fraction of sp³-hybridized carbons (Fsp3) is 1.00. The second kappa shape index (κ2) is 94.8. The molecule has 0 amide bonds. The number of rotatable bonds is 8. The summed E-state index contributed by atoms with van der Waals surface area (Å²) in [5.74, 6) is 0. The molecule has 0 rings (SSSR count). The minimum absolute atomic E-state index is 0. The van der Waals surface area contributed by atoms with Crippen LogP contribution in [-0.4, -0.2) is 90.1 Å². The minimum Gasteiger partial charge on any atom is -0.427 e. The van der Waals surface area contributed by atoms with Gasteiger partial charge in [0.05, 0.1) is 13.2 Å². The summed E-state index contributed by atoms with van der Waals surface area (Å²) >= 11 is 0. The molecule has 0 aliphatic carbocycles. The molecule has 0 bridgehead atoms. The maximum atomic E-state index is 8.22. The van der Waals surface area contributed by atoms with Crippen molar-refractivity contribution in [2.24, 2.45) is 0 Å². The van der Waals surface area contributed by atoms with Crippen molar-refractivity contribution in [1.82, 2.24) is 0 Å². The van der Waals surface area contributed by atoms with E-state index in [0.717, 1.165) is 19.3 Å². The van der Waals surface area contributed by atoms with Crippen LogP contribution in [0.25, 0.3) is 0 Å². The smallest absolute Gasteiger partial charge is 0.157 e. The molecule has 0 aliphatic heterocycles. The number of hydrogen-bond acceptors (Lipinski definition) is 6. The van der Waals surface area contributed by atoms with Crippen LogP contribution in [0.4, 0.5) is 0 Å². The van der Waals surface area contributed by atoms with Crippen LogP contribution in [-0.2, 0) is 8.85 Å². The van der Waals surface area contributed by atoms with E-state index in [9.17, 15) is 0 Å². The zero-order valence-corrected chi connectivity index (χ0v) is 20.6. The van der Waals surface area contributed by atoms with Crippen molar-refractivity contribution >= 4 is 29.0 Å². The van der Waals surface area contributed by atoms with Gasteiger partial charge < -0.3 is 29.3 Å². The van der Waals surface area contributed by atoms with Gasteiger partial charge in [-0.1, -0.05) is 68.7 Å². The van der Waals surface area contributed by atoms with Crippen molar-refractivity contribution < 1.29 is 29.3 Å².